The second-order valence-corrected chi connectivity index (χ2v) is 6.62. The minimum atomic E-state index is -2.92. The molecule has 1 unspecified atom stereocenters. The van der Waals surface area contributed by atoms with E-state index < -0.39 is 6.61 Å². The summed E-state index contributed by atoms with van der Waals surface area (Å²) in [5, 5.41) is 15.3. The number of hydrogen-bond acceptors (Lipinski definition) is 5. The van der Waals surface area contributed by atoms with E-state index in [1.54, 1.807) is 24.3 Å². The Hall–Kier alpha value is -3.07. The Labute approximate surface area is 163 Å². The first-order valence-corrected chi connectivity index (χ1v) is 8.74. The van der Waals surface area contributed by atoms with Crippen LogP contribution >= 0.6 is 11.6 Å². The number of aryl methyl sites for hydroxylation is 1. The monoisotopic (exact) mass is 405 g/mol. The molecule has 0 spiro atoms. The van der Waals surface area contributed by atoms with Crippen LogP contribution in [0.2, 0.25) is 5.15 Å². The van der Waals surface area contributed by atoms with Gasteiger partial charge in [-0.3, -0.25) is 4.79 Å². The average molecular weight is 406 g/mol. The predicted octanol–water partition coefficient (Wildman–Crippen LogP) is 3.70. The summed E-state index contributed by atoms with van der Waals surface area (Å²) in [6, 6.07) is 9.54. The number of anilines is 1. The molecular formula is C18H14ClF2N5O2. The lowest BCUT2D eigenvalue weighted by atomic mass is 9.86. The summed E-state index contributed by atoms with van der Waals surface area (Å²) in [5.74, 6) is 0.313. The third-order valence-electron chi connectivity index (χ3n) is 4.42. The first-order chi connectivity index (χ1) is 13.4. The van der Waals surface area contributed by atoms with E-state index in [0.717, 1.165) is 5.56 Å². The second kappa shape index (κ2) is 7.16. The number of nitrogens with one attached hydrogen (secondary N) is 1. The minimum Gasteiger partial charge on any atom is -0.435 e. The van der Waals surface area contributed by atoms with Gasteiger partial charge in [0.1, 0.15) is 11.6 Å². The minimum absolute atomic E-state index is 0.0358. The standard InChI is InChI=1S/C18H14ClF2N5O2/c1-9-16-12(10-3-2-4-11(7-10)28-18(20)21)8-15(27)22-17(16)26(25-9)14-6-5-13(19)23-24-14/h2-7,12,18H,8H2,1H3,(H,22,27). The largest absolute Gasteiger partial charge is 0.435 e. The number of benzene rings is 1. The van der Waals surface area contributed by atoms with E-state index in [0.29, 0.717) is 22.9 Å². The summed E-state index contributed by atoms with van der Waals surface area (Å²) in [6.45, 7) is -1.11. The summed E-state index contributed by atoms with van der Waals surface area (Å²) < 4.78 is 31.1. The van der Waals surface area contributed by atoms with Crippen molar-refractivity contribution in [2.24, 2.45) is 0 Å². The fraction of sp³-hybridized carbons (Fsp3) is 0.222. The van der Waals surface area contributed by atoms with Crippen molar-refractivity contribution in [2.45, 2.75) is 25.9 Å². The number of carbonyl (C=O) groups is 1. The number of alkyl halides is 2. The van der Waals surface area contributed by atoms with E-state index in [2.05, 4.69) is 25.3 Å². The quantitative estimate of drug-likeness (QED) is 0.715. The van der Waals surface area contributed by atoms with Crippen LogP contribution in [-0.4, -0.2) is 32.5 Å². The average Bonchev–Trinajstić information content (AvgIpc) is 2.98. The van der Waals surface area contributed by atoms with Gasteiger partial charge in [0, 0.05) is 17.9 Å². The molecule has 144 valence electrons. The Kier molecular flexibility index (Phi) is 4.68. The van der Waals surface area contributed by atoms with Crippen molar-refractivity contribution in [3.05, 3.63) is 58.4 Å². The lowest BCUT2D eigenvalue weighted by molar-refractivity contribution is -0.116. The normalized spacial score (nSPS) is 16.0. The topological polar surface area (TPSA) is 81.9 Å². The van der Waals surface area contributed by atoms with Crippen molar-refractivity contribution < 1.29 is 18.3 Å². The van der Waals surface area contributed by atoms with Gasteiger partial charge in [-0.05, 0) is 36.8 Å². The molecule has 0 aliphatic carbocycles. The van der Waals surface area contributed by atoms with Crippen LogP contribution in [0, 0.1) is 6.92 Å². The number of nitrogens with zero attached hydrogens (tertiary/aromatic N) is 4. The molecule has 1 amide bonds. The molecule has 1 aliphatic heterocycles. The highest BCUT2D eigenvalue weighted by atomic mass is 35.5. The number of ether oxygens (including phenoxy) is 1. The van der Waals surface area contributed by atoms with Crippen molar-refractivity contribution in [3.63, 3.8) is 0 Å². The molecule has 7 nitrogen and oxygen atoms in total. The molecule has 2 aromatic heterocycles. The van der Waals surface area contributed by atoms with Crippen molar-refractivity contribution >= 4 is 23.3 Å². The van der Waals surface area contributed by atoms with Crippen LogP contribution in [0.4, 0.5) is 14.6 Å². The fourth-order valence-electron chi connectivity index (χ4n) is 3.33. The Morgan fingerprint density at radius 3 is 2.82 bits per heavy atom. The van der Waals surface area contributed by atoms with Crippen molar-refractivity contribution in [1.29, 1.82) is 0 Å². The Balaban J connectivity index is 1.80. The summed E-state index contributed by atoms with van der Waals surface area (Å²) >= 11 is 5.79. The van der Waals surface area contributed by atoms with E-state index in [-0.39, 0.29) is 29.1 Å². The molecule has 0 bridgehead atoms. The molecule has 0 radical (unpaired) electrons. The maximum Gasteiger partial charge on any atom is 0.387 e. The molecular weight excluding hydrogens is 392 g/mol. The van der Waals surface area contributed by atoms with Gasteiger partial charge in [0.15, 0.2) is 11.0 Å². The molecule has 3 heterocycles. The summed E-state index contributed by atoms with van der Waals surface area (Å²) in [5.41, 5.74) is 2.14. The Morgan fingerprint density at radius 1 is 1.29 bits per heavy atom. The molecule has 28 heavy (non-hydrogen) atoms. The van der Waals surface area contributed by atoms with Crippen molar-refractivity contribution in [2.75, 3.05) is 5.32 Å². The van der Waals surface area contributed by atoms with Crippen LogP contribution in [0.5, 0.6) is 5.75 Å². The first kappa shape index (κ1) is 18.3. The molecule has 0 fully saturated rings. The number of amides is 1. The van der Waals surface area contributed by atoms with Gasteiger partial charge >= 0.3 is 6.61 Å². The number of fused-ring (bicyclic) bond motifs is 1. The van der Waals surface area contributed by atoms with Crippen LogP contribution in [0.3, 0.4) is 0 Å². The van der Waals surface area contributed by atoms with Crippen LogP contribution in [0.25, 0.3) is 5.82 Å². The van der Waals surface area contributed by atoms with E-state index >= 15 is 0 Å². The molecule has 0 saturated heterocycles. The maximum atomic E-state index is 12.6. The molecule has 1 N–H and O–H groups in total. The second-order valence-electron chi connectivity index (χ2n) is 6.23. The van der Waals surface area contributed by atoms with Crippen LogP contribution < -0.4 is 10.1 Å². The lowest BCUT2D eigenvalue weighted by Gasteiger charge is -2.24. The molecule has 0 saturated carbocycles. The van der Waals surface area contributed by atoms with E-state index in [1.165, 1.54) is 16.8 Å². The summed E-state index contributed by atoms with van der Waals surface area (Å²) in [4.78, 5) is 12.4. The number of hydrogen-bond donors (Lipinski definition) is 1. The predicted molar refractivity (Wildman–Crippen MR) is 97.1 cm³/mol. The highest BCUT2D eigenvalue weighted by Crippen LogP contribution is 2.40. The van der Waals surface area contributed by atoms with E-state index in [1.807, 2.05) is 6.92 Å². The SMILES string of the molecule is Cc1nn(-c2ccc(Cl)nn2)c2c1C(c1cccc(OC(F)F)c1)CC(=O)N2. The molecule has 3 aromatic rings. The van der Waals surface area contributed by atoms with E-state index in [4.69, 9.17) is 11.6 Å². The number of halogens is 3. The molecule has 10 heteroatoms. The van der Waals surface area contributed by atoms with Gasteiger partial charge in [0.2, 0.25) is 5.91 Å². The van der Waals surface area contributed by atoms with Gasteiger partial charge in [-0.1, -0.05) is 23.7 Å². The Bertz CT molecular complexity index is 1040. The first-order valence-electron chi connectivity index (χ1n) is 8.36. The van der Waals surface area contributed by atoms with Gasteiger partial charge in [0.25, 0.3) is 0 Å². The lowest BCUT2D eigenvalue weighted by Crippen LogP contribution is -2.25. The zero-order valence-corrected chi connectivity index (χ0v) is 15.3. The zero-order valence-electron chi connectivity index (χ0n) is 14.6. The van der Waals surface area contributed by atoms with Gasteiger partial charge in [-0.25, -0.2) is 0 Å². The number of rotatable bonds is 4. The number of aromatic nitrogens is 4. The maximum absolute atomic E-state index is 12.6. The Morgan fingerprint density at radius 2 is 2.11 bits per heavy atom. The van der Waals surface area contributed by atoms with Crippen molar-refractivity contribution in [1.82, 2.24) is 20.0 Å². The fourth-order valence-corrected chi connectivity index (χ4v) is 3.43. The highest BCUT2D eigenvalue weighted by Gasteiger charge is 2.33. The van der Waals surface area contributed by atoms with Crippen LogP contribution in [0.15, 0.2) is 36.4 Å². The van der Waals surface area contributed by atoms with E-state index in [9.17, 15) is 13.6 Å². The zero-order chi connectivity index (χ0) is 19.8. The molecule has 1 aromatic carbocycles. The molecule has 4 rings (SSSR count). The molecule has 1 atom stereocenters. The smallest absolute Gasteiger partial charge is 0.387 e. The van der Waals surface area contributed by atoms with Gasteiger partial charge in [0.05, 0.1) is 5.69 Å². The number of carbonyl (C=O) groups excluding carboxylic acids is 1. The van der Waals surface area contributed by atoms with Gasteiger partial charge < -0.3 is 10.1 Å². The van der Waals surface area contributed by atoms with Gasteiger partial charge in [-0.2, -0.15) is 18.6 Å². The van der Waals surface area contributed by atoms with Crippen LogP contribution in [0.1, 0.15) is 29.2 Å². The third kappa shape index (κ3) is 3.40. The highest BCUT2D eigenvalue weighted by molar-refractivity contribution is 6.29. The summed E-state index contributed by atoms with van der Waals surface area (Å²) in [7, 11) is 0. The summed E-state index contributed by atoms with van der Waals surface area (Å²) in [6.07, 6.45) is 0.157. The van der Waals surface area contributed by atoms with Crippen LogP contribution in [-0.2, 0) is 4.79 Å². The third-order valence-corrected chi connectivity index (χ3v) is 4.62. The van der Waals surface area contributed by atoms with Crippen molar-refractivity contribution in [3.8, 4) is 11.6 Å². The molecule has 1 aliphatic rings. The van der Waals surface area contributed by atoms with Gasteiger partial charge in [-0.15, -0.1) is 10.2 Å².